The number of hydrogen-bond donors (Lipinski definition) is 1. The van der Waals surface area contributed by atoms with Gasteiger partial charge in [0.1, 0.15) is 0 Å². The van der Waals surface area contributed by atoms with Gasteiger partial charge in [0.05, 0.1) is 13.7 Å². The van der Waals surface area contributed by atoms with Crippen molar-refractivity contribution in [1.29, 1.82) is 0 Å². The number of para-hydroxylation sites is 1. The predicted octanol–water partition coefficient (Wildman–Crippen LogP) is 4.15. The Labute approximate surface area is 129 Å². The van der Waals surface area contributed by atoms with E-state index in [0.29, 0.717) is 12.6 Å². The zero-order chi connectivity index (χ0) is 15.1. The van der Waals surface area contributed by atoms with E-state index in [2.05, 4.69) is 18.3 Å². The molecule has 0 heterocycles. The summed E-state index contributed by atoms with van der Waals surface area (Å²) in [6, 6.07) is 6.68. The van der Waals surface area contributed by atoms with Crippen LogP contribution in [0.2, 0.25) is 0 Å². The summed E-state index contributed by atoms with van der Waals surface area (Å²) in [4.78, 5) is 0. The second kappa shape index (κ2) is 8.28. The summed E-state index contributed by atoms with van der Waals surface area (Å²) in [7, 11) is 1.71. The summed E-state index contributed by atoms with van der Waals surface area (Å²) in [6.07, 6.45) is 6.92. The molecule has 1 saturated carbocycles. The van der Waals surface area contributed by atoms with Gasteiger partial charge in [-0.15, -0.1) is 0 Å². The molecule has 118 valence electrons. The third-order valence-corrected chi connectivity index (χ3v) is 4.54. The first-order chi connectivity index (χ1) is 10.3. The van der Waals surface area contributed by atoms with E-state index in [0.717, 1.165) is 24.0 Å². The molecule has 0 saturated heterocycles. The van der Waals surface area contributed by atoms with E-state index in [9.17, 15) is 0 Å². The van der Waals surface area contributed by atoms with Crippen LogP contribution in [0, 0.1) is 5.92 Å². The summed E-state index contributed by atoms with van der Waals surface area (Å²) in [5, 5.41) is 3.68. The molecule has 1 atom stereocenters. The van der Waals surface area contributed by atoms with Crippen LogP contribution in [0.25, 0.3) is 0 Å². The molecule has 0 aliphatic heterocycles. The molecule has 2 rings (SSSR count). The Bertz CT molecular complexity index is 427. The Kier molecular flexibility index (Phi) is 6.37. The van der Waals surface area contributed by atoms with Gasteiger partial charge < -0.3 is 14.8 Å². The maximum atomic E-state index is 5.64. The minimum atomic E-state index is 0.561. The molecule has 3 nitrogen and oxygen atoms in total. The van der Waals surface area contributed by atoms with Crippen LogP contribution in [0.3, 0.4) is 0 Å². The normalized spacial score (nSPS) is 17.5. The summed E-state index contributed by atoms with van der Waals surface area (Å²) in [5.41, 5.74) is 1.17. The third kappa shape index (κ3) is 4.37. The highest BCUT2D eigenvalue weighted by atomic mass is 16.5. The van der Waals surface area contributed by atoms with Gasteiger partial charge in [0.2, 0.25) is 0 Å². The molecule has 1 N–H and O–H groups in total. The van der Waals surface area contributed by atoms with Crippen molar-refractivity contribution in [3.05, 3.63) is 23.8 Å². The number of hydrogen-bond acceptors (Lipinski definition) is 3. The summed E-state index contributed by atoms with van der Waals surface area (Å²) >= 11 is 0. The molecule has 1 aliphatic rings. The second-order valence-electron chi connectivity index (χ2n) is 5.95. The molecule has 1 fully saturated rings. The highest BCUT2D eigenvalue weighted by molar-refractivity contribution is 5.46. The average Bonchev–Trinajstić information content (AvgIpc) is 2.54. The van der Waals surface area contributed by atoms with Crippen LogP contribution in [0.5, 0.6) is 11.5 Å². The minimum absolute atomic E-state index is 0.561. The molecule has 1 aliphatic carbocycles. The SMILES string of the molecule is CCOc1cccc(CN[C@H](C)C2CCCCC2)c1OC. The Morgan fingerprint density at radius 1 is 1.24 bits per heavy atom. The maximum Gasteiger partial charge on any atom is 0.165 e. The highest BCUT2D eigenvalue weighted by Gasteiger charge is 2.20. The van der Waals surface area contributed by atoms with Gasteiger partial charge in [0, 0.05) is 18.2 Å². The van der Waals surface area contributed by atoms with Gasteiger partial charge in [-0.2, -0.15) is 0 Å². The van der Waals surface area contributed by atoms with E-state index in [4.69, 9.17) is 9.47 Å². The van der Waals surface area contributed by atoms with Crippen molar-refractivity contribution in [1.82, 2.24) is 5.32 Å². The zero-order valence-electron chi connectivity index (χ0n) is 13.7. The molecule has 0 aromatic heterocycles. The van der Waals surface area contributed by atoms with Crippen molar-refractivity contribution in [2.75, 3.05) is 13.7 Å². The van der Waals surface area contributed by atoms with Crippen molar-refractivity contribution in [2.24, 2.45) is 5.92 Å². The van der Waals surface area contributed by atoms with Crippen LogP contribution in [0.1, 0.15) is 51.5 Å². The third-order valence-electron chi connectivity index (χ3n) is 4.54. The van der Waals surface area contributed by atoms with E-state index in [-0.39, 0.29) is 0 Å². The predicted molar refractivity (Wildman–Crippen MR) is 87.0 cm³/mol. The van der Waals surface area contributed by atoms with Gasteiger partial charge in [-0.05, 0) is 38.7 Å². The first kappa shape index (κ1) is 16.2. The molecule has 0 unspecified atom stereocenters. The smallest absolute Gasteiger partial charge is 0.165 e. The van der Waals surface area contributed by atoms with Crippen LogP contribution < -0.4 is 14.8 Å². The van der Waals surface area contributed by atoms with Crippen molar-refractivity contribution < 1.29 is 9.47 Å². The minimum Gasteiger partial charge on any atom is -0.493 e. The molecule has 0 radical (unpaired) electrons. The molecule has 0 spiro atoms. The van der Waals surface area contributed by atoms with Gasteiger partial charge in [-0.3, -0.25) is 0 Å². The molecule has 0 amide bonds. The first-order valence-corrected chi connectivity index (χ1v) is 8.28. The average molecular weight is 291 g/mol. The Morgan fingerprint density at radius 3 is 2.67 bits per heavy atom. The van der Waals surface area contributed by atoms with Crippen LogP contribution in [-0.2, 0) is 6.54 Å². The van der Waals surface area contributed by atoms with Crippen LogP contribution in [0.4, 0.5) is 0 Å². The lowest BCUT2D eigenvalue weighted by atomic mass is 9.84. The number of benzene rings is 1. The van der Waals surface area contributed by atoms with Gasteiger partial charge in [-0.25, -0.2) is 0 Å². The van der Waals surface area contributed by atoms with E-state index in [1.807, 2.05) is 19.1 Å². The van der Waals surface area contributed by atoms with Gasteiger partial charge >= 0.3 is 0 Å². The molecular weight excluding hydrogens is 262 g/mol. The Balaban J connectivity index is 1.97. The monoisotopic (exact) mass is 291 g/mol. The lowest BCUT2D eigenvalue weighted by Crippen LogP contribution is -2.34. The van der Waals surface area contributed by atoms with Gasteiger partial charge in [-0.1, -0.05) is 31.4 Å². The fourth-order valence-corrected chi connectivity index (χ4v) is 3.27. The number of nitrogens with one attached hydrogen (secondary N) is 1. The van der Waals surface area contributed by atoms with Crippen LogP contribution in [0.15, 0.2) is 18.2 Å². The van der Waals surface area contributed by atoms with Gasteiger partial charge in [0.25, 0.3) is 0 Å². The van der Waals surface area contributed by atoms with Crippen molar-refractivity contribution in [3.63, 3.8) is 0 Å². The van der Waals surface area contributed by atoms with Crippen LogP contribution in [-0.4, -0.2) is 19.8 Å². The molecule has 0 bridgehead atoms. The standard InChI is InChI=1S/C18H29NO2/c1-4-21-17-12-8-11-16(18(17)20-3)13-19-14(2)15-9-6-5-7-10-15/h8,11-12,14-15,19H,4-7,9-10,13H2,1-3H3/t14-/m1/s1. The first-order valence-electron chi connectivity index (χ1n) is 8.28. The molecule has 3 heteroatoms. The van der Waals surface area contributed by atoms with Crippen LogP contribution >= 0.6 is 0 Å². The summed E-state index contributed by atoms with van der Waals surface area (Å²) in [5.74, 6) is 2.52. The summed E-state index contributed by atoms with van der Waals surface area (Å²) in [6.45, 7) is 5.80. The van der Waals surface area contributed by atoms with Crippen molar-refractivity contribution in [3.8, 4) is 11.5 Å². The topological polar surface area (TPSA) is 30.5 Å². The largest absolute Gasteiger partial charge is 0.493 e. The fraction of sp³-hybridized carbons (Fsp3) is 0.667. The zero-order valence-corrected chi connectivity index (χ0v) is 13.7. The number of ether oxygens (including phenoxy) is 2. The summed E-state index contributed by atoms with van der Waals surface area (Å²) < 4.78 is 11.2. The fourth-order valence-electron chi connectivity index (χ4n) is 3.27. The van der Waals surface area contributed by atoms with E-state index >= 15 is 0 Å². The van der Waals surface area contributed by atoms with Crippen molar-refractivity contribution in [2.45, 2.75) is 58.5 Å². The van der Waals surface area contributed by atoms with E-state index in [1.54, 1.807) is 7.11 Å². The van der Waals surface area contributed by atoms with Gasteiger partial charge in [0.15, 0.2) is 11.5 Å². The lowest BCUT2D eigenvalue weighted by Gasteiger charge is -2.28. The quantitative estimate of drug-likeness (QED) is 0.818. The highest BCUT2D eigenvalue weighted by Crippen LogP contribution is 2.31. The number of rotatable bonds is 7. The second-order valence-corrected chi connectivity index (χ2v) is 5.95. The molecule has 1 aromatic rings. The maximum absolute atomic E-state index is 5.64. The molecule has 21 heavy (non-hydrogen) atoms. The van der Waals surface area contributed by atoms with Crippen molar-refractivity contribution >= 4 is 0 Å². The number of methoxy groups -OCH3 is 1. The Morgan fingerprint density at radius 2 is 2.00 bits per heavy atom. The Hall–Kier alpha value is -1.22. The molecular formula is C18H29NO2. The lowest BCUT2D eigenvalue weighted by molar-refractivity contribution is 0.278. The molecule has 1 aromatic carbocycles. The van der Waals surface area contributed by atoms with E-state index < -0.39 is 0 Å². The van der Waals surface area contributed by atoms with E-state index in [1.165, 1.54) is 37.7 Å².